The van der Waals surface area contributed by atoms with Gasteiger partial charge in [-0.15, -0.1) is 0 Å². The second kappa shape index (κ2) is 75.1. The van der Waals surface area contributed by atoms with Gasteiger partial charge in [0.2, 0.25) is 0 Å². The van der Waals surface area contributed by atoms with Crippen LogP contribution in [-0.4, -0.2) is 28.2 Å². The Labute approximate surface area is 719 Å². The fourth-order valence-corrected chi connectivity index (χ4v) is 12.0. The molecule has 2 aromatic carbocycles. The Balaban J connectivity index is -0.000000276. The Morgan fingerprint density at radius 2 is 0.702 bits per heavy atom. The molecule has 4 heterocycles. The first-order valence-corrected chi connectivity index (χ1v) is 47.3. The van der Waals surface area contributed by atoms with Gasteiger partial charge in [-0.05, 0) is 220 Å². The van der Waals surface area contributed by atoms with Crippen LogP contribution < -0.4 is 0 Å². The molecule has 114 heavy (non-hydrogen) atoms. The molecule has 3 aromatic heterocycles. The van der Waals surface area contributed by atoms with Crippen LogP contribution in [0.4, 0.5) is 0 Å². The van der Waals surface area contributed by atoms with E-state index in [2.05, 4.69) is 366 Å². The summed E-state index contributed by atoms with van der Waals surface area (Å²) < 4.78 is 5.25. The number of pyridine rings is 3. The highest BCUT2D eigenvalue weighted by Gasteiger charge is 2.19. The minimum absolute atomic E-state index is 0.500. The van der Waals surface area contributed by atoms with Gasteiger partial charge in [-0.1, -0.05) is 434 Å². The largest absolute Gasteiger partial charge is 0.381 e. The van der Waals surface area contributed by atoms with E-state index in [0.29, 0.717) is 34.5 Å². The Hall–Kier alpha value is -4.15. The number of nitrogens with zero attached hydrogens (tertiary/aromatic N) is 3. The SMILES string of the molecule is CC(C)C(C)(C)C.CC(C)C(C)C.CC(C)C1CCCC1.CC(C)C1CCCCC1.CC(C)C1CCOCC1.CC(C)CC(C)(C)C.CC(C)CC(C)C.CC(C)Cc1ccccc1.CC(C)c1ccccc1.CC(C)c1ccccn1.CC(C)c1cccnc1.CC(C)c1ccncc1.CC[C@@H](C)C(C)C.CC[C@H](C)C(C)C. The molecule has 1 aliphatic heterocycles. The van der Waals surface area contributed by atoms with E-state index < -0.39 is 0 Å². The van der Waals surface area contributed by atoms with Gasteiger partial charge in [-0.3, -0.25) is 15.0 Å². The lowest BCUT2D eigenvalue weighted by molar-refractivity contribution is 0.0523. The summed E-state index contributed by atoms with van der Waals surface area (Å²) in [6, 6.07) is 35.3. The summed E-state index contributed by atoms with van der Waals surface area (Å²) in [7, 11) is 0. The molecule has 8 rings (SSSR count). The lowest BCUT2D eigenvalue weighted by Gasteiger charge is -2.24. The Kier molecular flexibility index (Phi) is 79.5. The molecular weight excluding hydrogens is 1380 g/mol. The van der Waals surface area contributed by atoms with E-state index in [1.165, 1.54) is 125 Å². The monoisotopic (exact) mass is 1580 g/mol. The molecule has 4 heteroatoms. The van der Waals surface area contributed by atoms with Crippen molar-refractivity contribution in [2.24, 2.45) is 111 Å². The first-order valence-electron chi connectivity index (χ1n) is 47.3. The second-order valence-electron chi connectivity index (χ2n) is 41.5. The van der Waals surface area contributed by atoms with E-state index in [1.54, 1.807) is 6.20 Å². The number of aromatic nitrogens is 3. The molecule has 666 valence electrons. The summed E-state index contributed by atoms with van der Waals surface area (Å²) in [5, 5.41) is 0. The predicted octanol–water partition coefficient (Wildman–Crippen LogP) is 36.6. The molecule has 2 atom stereocenters. The molecule has 0 unspecified atom stereocenters. The van der Waals surface area contributed by atoms with Crippen LogP contribution in [0.25, 0.3) is 0 Å². The van der Waals surface area contributed by atoms with E-state index in [1.807, 2.05) is 67.3 Å². The van der Waals surface area contributed by atoms with E-state index in [4.69, 9.17) is 4.74 Å². The van der Waals surface area contributed by atoms with Gasteiger partial charge in [-0.25, -0.2) is 0 Å². The van der Waals surface area contributed by atoms with E-state index >= 15 is 0 Å². The van der Waals surface area contributed by atoms with E-state index in [0.717, 1.165) is 120 Å². The minimum Gasteiger partial charge on any atom is -0.381 e. The van der Waals surface area contributed by atoms with Crippen LogP contribution in [0.15, 0.2) is 134 Å². The molecule has 3 aliphatic rings. The maximum absolute atomic E-state index is 5.25. The van der Waals surface area contributed by atoms with Crippen molar-refractivity contribution in [3.05, 3.63) is 162 Å². The van der Waals surface area contributed by atoms with Gasteiger partial charge in [0, 0.05) is 49.9 Å². The van der Waals surface area contributed by atoms with Gasteiger partial charge in [0.15, 0.2) is 0 Å². The molecule has 0 bridgehead atoms. The van der Waals surface area contributed by atoms with Crippen molar-refractivity contribution in [3.8, 4) is 0 Å². The molecule has 2 saturated carbocycles. The standard InChI is InChI=1S/C10H14.C9H18.C9H12.3C8H11N.C8H16O.C8H16.C8H18.4C7H16.C6H14/c1-9(2)8-10-6-4-3-5-7-10;2*1-8(2)9-6-4-3-5-7-9;1-7(2)8-3-5-9-6-4-8;1-7(2)8-4-3-5-9-6-8;1-7(2)8-5-3-4-6-9-8;1-7(2)8-3-5-9-6-4-8;1-7(2)8-5-3-4-6-8;1-7(2)6-8(3,4)5;1-6(2)7(3,4)5;1-6(2)5-7(3)4;2*1-5-7(4)6(2)3;1-5(2)6(3)4/h3-7,9H,8H2,1-2H3;8-9H,3-7H2,1-2H3;3-8H,1-2H3;3*3-7H,1-2H3;7-8H,3-6H2,1-2H3;7-8H,3-6H2,1-2H3;7H,6H2,1-5H3;6H,1-5H3;3*6-7H,5H2,1-4H3;5-6H,1-4H3/t;;;;;;;;;;;2*7-;/m...........10./s1. The van der Waals surface area contributed by atoms with Crippen LogP contribution in [-0.2, 0) is 11.2 Å². The van der Waals surface area contributed by atoms with Crippen LogP contribution in [0.2, 0.25) is 0 Å². The van der Waals surface area contributed by atoms with Gasteiger partial charge in [-0.2, -0.15) is 0 Å². The Bertz CT molecular complexity index is 2430. The second-order valence-corrected chi connectivity index (χ2v) is 41.5. The first kappa shape index (κ1) is 121. The van der Waals surface area contributed by atoms with Crippen molar-refractivity contribution in [3.63, 3.8) is 0 Å². The fourth-order valence-electron chi connectivity index (χ4n) is 12.0. The number of hydrogen-bond acceptors (Lipinski definition) is 4. The summed E-state index contributed by atoms with van der Waals surface area (Å²) >= 11 is 0. The molecule has 0 spiro atoms. The van der Waals surface area contributed by atoms with Crippen LogP contribution >= 0.6 is 0 Å². The van der Waals surface area contributed by atoms with Gasteiger partial charge in [0.05, 0.1) is 0 Å². The maximum atomic E-state index is 5.25. The molecule has 0 radical (unpaired) electrons. The third kappa shape index (κ3) is 82.9. The van der Waals surface area contributed by atoms with Crippen LogP contribution in [0, 0.1) is 111 Å². The summed E-state index contributed by atoms with van der Waals surface area (Å²) in [4.78, 5) is 12.1. The average molecular weight is 1590 g/mol. The molecule has 5 aromatic rings. The number of benzene rings is 2. The summed E-state index contributed by atoms with van der Waals surface area (Å²) in [6.45, 7) is 96.7. The van der Waals surface area contributed by atoms with Crippen molar-refractivity contribution < 1.29 is 4.74 Å². The molecule has 2 aliphatic carbocycles. The van der Waals surface area contributed by atoms with Gasteiger partial charge in [0.1, 0.15) is 0 Å². The third-order valence-corrected chi connectivity index (χ3v) is 22.7. The maximum Gasteiger partial charge on any atom is 0.0468 e. The van der Waals surface area contributed by atoms with Crippen LogP contribution in [0.1, 0.15) is 439 Å². The van der Waals surface area contributed by atoms with Gasteiger partial charge in [0.25, 0.3) is 0 Å². The van der Waals surface area contributed by atoms with Crippen LogP contribution in [0.5, 0.6) is 0 Å². The van der Waals surface area contributed by atoms with E-state index in [-0.39, 0.29) is 0 Å². The lowest BCUT2D eigenvalue weighted by Crippen LogP contribution is -2.19. The lowest BCUT2D eigenvalue weighted by atomic mass is 9.82. The molecule has 3 fully saturated rings. The highest BCUT2D eigenvalue weighted by Crippen LogP contribution is 2.32. The summed E-state index contributed by atoms with van der Waals surface area (Å²) in [5.41, 5.74) is 7.70. The third-order valence-electron chi connectivity index (χ3n) is 22.7. The molecule has 0 N–H and O–H groups in total. The molecule has 0 amide bonds. The zero-order chi connectivity index (χ0) is 89.1. The van der Waals surface area contributed by atoms with Crippen LogP contribution in [0.3, 0.4) is 0 Å². The topological polar surface area (TPSA) is 47.9 Å². The Morgan fingerprint density at radius 3 is 0.904 bits per heavy atom. The molecular formula is C110H205N3O. The Morgan fingerprint density at radius 1 is 0.342 bits per heavy atom. The zero-order valence-corrected chi connectivity index (χ0v) is 84.8. The van der Waals surface area contributed by atoms with Crippen molar-refractivity contribution in [2.75, 3.05) is 13.2 Å². The minimum atomic E-state index is 0.500. The first-order chi connectivity index (χ1) is 52.9. The zero-order valence-electron chi connectivity index (χ0n) is 84.8. The average Bonchev–Trinajstić information content (AvgIpc) is 1.47. The molecule has 4 nitrogen and oxygen atoms in total. The summed E-state index contributed by atoms with van der Waals surface area (Å²) in [5.74, 6) is 17.6. The quantitative estimate of drug-likeness (QED) is 0.0931. The van der Waals surface area contributed by atoms with Gasteiger partial charge < -0.3 is 4.74 Å². The van der Waals surface area contributed by atoms with Crippen molar-refractivity contribution in [2.45, 2.75) is 417 Å². The fraction of sp³-hybridized carbons (Fsp3) is 0.755. The highest BCUT2D eigenvalue weighted by molar-refractivity contribution is 5.18. The number of hydrogen-bond donors (Lipinski definition) is 0. The predicted molar refractivity (Wildman–Crippen MR) is 523 cm³/mol. The van der Waals surface area contributed by atoms with Crippen molar-refractivity contribution in [1.82, 2.24) is 15.0 Å². The summed E-state index contributed by atoms with van der Waals surface area (Å²) in [6.07, 6.45) is 31.7. The van der Waals surface area contributed by atoms with E-state index in [9.17, 15) is 0 Å². The van der Waals surface area contributed by atoms with Crippen molar-refractivity contribution in [1.29, 1.82) is 0 Å². The number of rotatable bonds is 17. The van der Waals surface area contributed by atoms with Gasteiger partial charge >= 0.3 is 0 Å². The molecule has 1 saturated heterocycles. The normalized spacial score (nSPS) is 14.1. The van der Waals surface area contributed by atoms with Crippen molar-refractivity contribution >= 4 is 0 Å². The highest BCUT2D eigenvalue weighted by atomic mass is 16.5. The smallest absolute Gasteiger partial charge is 0.0468 e. The number of ether oxygens (including phenoxy) is 1.